The van der Waals surface area contributed by atoms with Crippen LogP contribution >= 0.6 is 0 Å². The molecule has 1 aromatic rings. The molecule has 3 heteroatoms. The van der Waals surface area contributed by atoms with E-state index in [-0.39, 0.29) is 0 Å². The molecule has 0 radical (unpaired) electrons. The van der Waals surface area contributed by atoms with Crippen LogP contribution in [0.4, 0.5) is 0 Å². The average Bonchev–Trinajstić information content (AvgIpc) is 3.03. The van der Waals surface area contributed by atoms with E-state index >= 15 is 0 Å². The van der Waals surface area contributed by atoms with Crippen LogP contribution in [0.5, 0.6) is 0 Å². The molecule has 2 rings (SSSR count). The fraction of sp³-hybridized carbons (Fsp3) is 0.812. The molecule has 108 valence electrons. The SMILES string of the molecule is CC(C)CNCCCCc1ccn(C2CCCC2)n1. The van der Waals surface area contributed by atoms with Crippen LogP contribution in [0.25, 0.3) is 0 Å². The highest BCUT2D eigenvalue weighted by molar-refractivity contribution is 5.00. The van der Waals surface area contributed by atoms with Gasteiger partial charge in [0.2, 0.25) is 0 Å². The number of rotatable bonds is 8. The largest absolute Gasteiger partial charge is 0.316 e. The zero-order chi connectivity index (χ0) is 13.5. The summed E-state index contributed by atoms with van der Waals surface area (Å²) in [5.74, 6) is 0.752. The van der Waals surface area contributed by atoms with Gasteiger partial charge in [-0.2, -0.15) is 5.10 Å². The van der Waals surface area contributed by atoms with Gasteiger partial charge >= 0.3 is 0 Å². The molecule has 0 atom stereocenters. The Balaban J connectivity index is 1.61. The summed E-state index contributed by atoms with van der Waals surface area (Å²) >= 11 is 0. The molecule has 1 N–H and O–H groups in total. The standard InChI is InChI=1S/C16H29N3/c1-14(2)13-17-11-6-5-7-15-10-12-19(18-15)16-8-3-4-9-16/h10,12,14,16-17H,3-9,11,13H2,1-2H3. The Morgan fingerprint density at radius 1 is 1.32 bits per heavy atom. The number of hydrogen-bond donors (Lipinski definition) is 1. The lowest BCUT2D eigenvalue weighted by Gasteiger charge is -2.09. The van der Waals surface area contributed by atoms with E-state index in [2.05, 4.69) is 36.1 Å². The lowest BCUT2D eigenvalue weighted by molar-refractivity contribution is 0.461. The fourth-order valence-electron chi connectivity index (χ4n) is 2.83. The molecule has 0 saturated heterocycles. The number of unbranched alkanes of at least 4 members (excludes halogenated alkanes) is 1. The van der Waals surface area contributed by atoms with Crippen LogP contribution in [-0.4, -0.2) is 22.9 Å². The van der Waals surface area contributed by atoms with Crippen molar-refractivity contribution in [1.29, 1.82) is 0 Å². The van der Waals surface area contributed by atoms with Crippen LogP contribution in [0.15, 0.2) is 12.3 Å². The van der Waals surface area contributed by atoms with E-state index in [1.165, 1.54) is 44.2 Å². The van der Waals surface area contributed by atoms with Gasteiger partial charge in [0.15, 0.2) is 0 Å². The molecule has 1 aromatic heterocycles. The van der Waals surface area contributed by atoms with E-state index in [9.17, 15) is 0 Å². The molecule has 0 spiro atoms. The number of aromatic nitrogens is 2. The van der Waals surface area contributed by atoms with E-state index in [1.807, 2.05) is 0 Å². The Morgan fingerprint density at radius 2 is 2.11 bits per heavy atom. The van der Waals surface area contributed by atoms with Crippen molar-refractivity contribution in [3.05, 3.63) is 18.0 Å². The Morgan fingerprint density at radius 3 is 2.84 bits per heavy atom. The topological polar surface area (TPSA) is 29.9 Å². The molecule has 1 heterocycles. The Labute approximate surface area is 117 Å². The summed E-state index contributed by atoms with van der Waals surface area (Å²) in [6.45, 7) is 6.78. The third-order valence-corrected chi connectivity index (χ3v) is 3.95. The minimum absolute atomic E-state index is 0.682. The van der Waals surface area contributed by atoms with Crippen LogP contribution in [0, 0.1) is 5.92 Å². The highest BCUT2D eigenvalue weighted by atomic mass is 15.3. The van der Waals surface area contributed by atoms with Crippen molar-refractivity contribution < 1.29 is 0 Å². The van der Waals surface area contributed by atoms with Gasteiger partial charge in [0.05, 0.1) is 11.7 Å². The Bertz CT molecular complexity index is 351. The Hall–Kier alpha value is -0.830. The summed E-state index contributed by atoms with van der Waals surface area (Å²) in [5.41, 5.74) is 1.27. The molecule has 0 aliphatic heterocycles. The predicted molar refractivity (Wildman–Crippen MR) is 80.4 cm³/mol. The van der Waals surface area contributed by atoms with Crippen LogP contribution < -0.4 is 5.32 Å². The lowest BCUT2D eigenvalue weighted by atomic mass is 10.2. The summed E-state index contributed by atoms with van der Waals surface area (Å²) in [5, 5.41) is 8.23. The minimum Gasteiger partial charge on any atom is -0.316 e. The second-order valence-corrected chi connectivity index (χ2v) is 6.28. The third-order valence-electron chi connectivity index (χ3n) is 3.95. The van der Waals surface area contributed by atoms with Crippen molar-refractivity contribution in [1.82, 2.24) is 15.1 Å². The normalized spacial score (nSPS) is 16.6. The second-order valence-electron chi connectivity index (χ2n) is 6.28. The predicted octanol–water partition coefficient (Wildman–Crippen LogP) is 3.57. The summed E-state index contributed by atoms with van der Waals surface area (Å²) in [6, 6.07) is 2.89. The smallest absolute Gasteiger partial charge is 0.0624 e. The monoisotopic (exact) mass is 263 g/mol. The highest BCUT2D eigenvalue weighted by Gasteiger charge is 2.17. The van der Waals surface area contributed by atoms with E-state index in [0.717, 1.165) is 25.4 Å². The zero-order valence-corrected chi connectivity index (χ0v) is 12.6. The quantitative estimate of drug-likeness (QED) is 0.727. The van der Waals surface area contributed by atoms with Gasteiger partial charge in [-0.1, -0.05) is 26.7 Å². The van der Waals surface area contributed by atoms with Crippen LogP contribution in [0.2, 0.25) is 0 Å². The van der Waals surface area contributed by atoms with Gasteiger partial charge in [-0.15, -0.1) is 0 Å². The molecule has 0 amide bonds. The minimum atomic E-state index is 0.682. The maximum Gasteiger partial charge on any atom is 0.0624 e. The molecule has 0 unspecified atom stereocenters. The molecule has 1 saturated carbocycles. The first kappa shape index (κ1) is 14.6. The van der Waals surface area contributed by atoms with Crippen molar-refractivity contribution >= 4 is 0 Å². The van der Waals surface area contributed by atoms with Gasteiger partial charge in [-0.05, 0) is 57.2 Å². The summed E-state index contributed by atoms with van der Waals surface area (Å²) in [4.78, 5) is 0. The number of nitrogens with zero attached hydrogens (tertiary/aromatic N) is 2. The fourth-order valence-corrected chi connectivity index (χ4v) is 2.83. The van der Waals surface area contributed by atoms with Gasteiger partial charge in [0.25, 0.3) is 0 Å². The Kier molecular flexibility index (Phi) is 5.90. The van der Waals surface area contributed by atoms with E-state index in [0.29, 0.717) is 6.04 Å². The van der Waals surface area contributed by atoms with Gasteiger partial charge in [-0.3, -0.25) is 4.68 Å². The summed E-state index contributed by atoms with van der Waals surface area (Å²) < 4.78 is 2.21. The molecular formula is C16H29N3. The number of hydrogen-bond acceptors (Lipinski definition) is 2. The molecule has 1 fully saturated rings. The molecular weight excluding hydrogens is 234 g/mol. The number of aryl methyl sites for hydroxylation is 1. The first-order valence-electron chi connectivity index (χ1n) is 8.00. The first-order valence-corrected chi connectivity index (χ1v) is 8.00. The van der Waals surface area contributed by atoms with Gasteiger partial charge in [-0.25, -0.2) is 0 Å². The van der Waals surface area contributed by atoms with Crippen molar-refractivity contribution in [2.24, 2.45) is 5.92 Å². The van der Waals surface area contributed by atoms with Crippen molar-refractivity contribution in [3.63, 3.8) is 0 Å². The molecule has 0 aromatic carbocycles. The molecule has 3 nitrogen and oxygen atoms in total. The van der Waals surface area contributed by atoms with Gasteiger partial charge in [0, 0.05) is 6.20 Å². The first-order chi connectivity index (χ1) is 9.25. The maximum atomic E-state index is 4.73. The van der Waals surface area contributed by atoms with Crippen molar-refractivity contribution in [2.75, 3.05) is 13.1 Å². The molecule has 1 aliphatic rings. The van der Waals surface area contributed by atoms with Crippen LogP contribution in [0.3, 0.4) is 0 Å². The molecule has 0 bridgehead atoms. The summed E-state index contributed by atoms with van der Waals surface area (Å²) in [6.07, 6.45) is 11.2. The molecule has 19 heavy (non-hydrogen) atoms. The van der Waals surface area contributed by atoms with E-state index in [1.54, 1.807) is 0 Å². The third kappa shape index (κ3) is 4.98. The number of nitrogens with one attached hydrogen (secondary N) is 1. The summed E-state index contributed by atoms with van der Waals surface area (Å²) in [7, 11) is 0. The average molecular weight is 263 g/mol. The van der Waals surface area contributed by atoms with E-state index in [4.69, 9.17) is 5.10 Å². The maximum absolute atomic E-state index is 4.73. The van der Waals surface area contributed by atoms with Gasteiger partial charge in [0.1, 0.15) is 0 Å². The van der Waals surface area contributed by atoms with Crippen molar-refractivity contribution in [3.8, 4) is 0 Å². The zero-order valence-electron chi connectivity index (χ0n) is 12.6. The van der Waals surface area contributed by atoms with Crippen molar-refractivity contribution in [2.45, 2.75) is 64.8 Å². The lowest BCUT2D eigenvalue weighted by Crippen LogP contribution is -2.20. The van der Waals surface area contributed by atoms with E-state index < -0.39 is 0 Å². The van der Waals surface area contributed by atoms with Gasteiger partial charge < -0.3 is 5.32 Å². The van der Waals surface area contributed by atoms with Crippen LogP contribution in [-0.2, 0) is 6.42 Å². The van der Waals surface area contributed by atoms with Crippen LogP contribution in [0.1, 0.15) is 64.1 Å². The second kappa shape index (κ2) is 7.68. The molecule has 1 aliphatic carbocycles. The highest BCUT2D eigenvalue weighted by Crippen LogP contribution is 2.28.